The van der Waals surface area contributed by atoms with E-state index in [4.69, 9.17) is 4.74 Å². The quantitative estimate of drug-likeness (QED) is 0.693. The average Bonchev–Trinajstić information content (AvgIpc) is 2.83. The molecule has 0 aliphatic carbocycles. The van der Waals surface area contributed by atoms with Crippen LogP contribution in [0.2, 0.25) is 0 Å². The Bertz CT molecular complexity index is 849. The SMILES string of the molecule is Cc1ccc(C(=O)OCc2c(C)nc3ccccn23)cc1C. The number of ether oxygens (including phenoxy) is 1. The maximum absolute atomic E-state index is 12.2. The second-order valence-corrected chi connectivity index (χ2v) is 5.45. The summed E-state index contributed by atoms with van der Waals surface area (Å²) in [6.45, 7) is 6.14. The van der Waals surface area contributed by atoms with Gasteiger partial charge in [0.15, 0.2) is 0 Å². The van der Waals surface area contributed by atoms with Crippen LogP contribution >= 0.6 is 0 Å². The number of pyridine rings is 1. The summed E-state index contributed by atoms with van der Waals surface area (Å²) in [4.78, 5) is 16.7. The third-order valence-corrected chi connectivity index (χ3v) is 3.91. The van der Waals surface area contributed by atoms with E-state index in [-0.39, 0.29) is 12.6 Å². The summed E-state index contributed by atoms with van der Waals surface area (Å²) >= 11 is 0. The Morgan fingerprint density at radius 1 is 1.14 bits per heavy atom. The number of nitrogens with zero attached hydrogens (tertiary/aromatic N) is 2. The van der Waals surface area contributed by atoms with E-state index in [0.29, 0.717) is 5.56 Å². The molecule has 2 heterocycles. The fourth-order valence-corrected chi connectivity index (χ4v) is 2.42. The van der Waals surface area contributed by atoms with Crippen molar-refractivity contribution in [1.82, 2.24) is 9.38 Å². The summed E-state index contributed by atoms with van der Waals surface area (Å²) in [5, 5.41) is 0. The van der Waals surface area contributed by atoms with E-state index in [9.17, 15) is 4.79 Å². The van der Waals surface area contributed by atoms with Gasteiger partial charge < -0.3 is 9.14 Å². The van der Waals surface area contributed by atoms with Crippen molar-refractivity contribution in [1.29, 1.82) is 0 Å². The molecule has 22 heavy (non-hydrogen) atoms. The fourth-order valence-electron chi connectivity index (χ4n) is 2.42. The highest BCUT2D eigenvalue weighted by Crippen LogP contribution is 2.15. The summed E-state index contributed by atoms with van der Waals surface area (Å²) < 4.78 is 7.40. The monoisotopic (exact) mass is 294 g/mol. The number of rotatable bonds is 3. The van der Waals surface area contributed by atoms with Crippen molar-refractivity contribution in [2.45, 2.75) is 27.4 Å². The number of fused-ring (bicyclic) bond motifs is 1. The summed E-state index contributed by atoms with van der Waals surface area (Å²) in [5.41, 5.74) is 5.45. The van der Waals surface area contributed by atoms with E-state index in [2.05, 4.69) is 4.98 Å². The lowest BCUT2D eigenvalue weighted by Gasteiger charge is -2.07. The van der Waals surface area contributed by atoms with Gasteiger partial charge in [-0.3, -0.25) is 0 Å². The van der Waals surface area contributed by atoms with Crippen molar-refractivity contribution in [2.24, 2.45) is 0 Å². The first-order chi connectivity index (χ1) is 10.6. The topological polar surface area (TPSA) is 43.6 Å². The van der Waals surface area contributed by atoms with Gasteiger partial charge in [-0.25, -0.2) is 9.78 Å². The Kier molecular flexibility index (Phi) is 3.67. The first kappa shape index (κ1) is 14.3. The number of carbonyl (C=O) groups is 1. The van der Waals surface area contributed by atoms with E-state index in [1.54, 1.807) is 6.07 Å². The zero-order valence-corrected chi connectivity index (χ0v) is 13.0. The molecule has 0 saturated heterocycles. The molecule has 0 spiro atoms. The normalized spacial score (nSPS) is 10.9. The van der Waals surface area contributed by atoms with Crippen molar-refractivity contribution in [3.63, 3.8) is 0 Å². The van der Waals surface area contributed by atoms with Crippen molar-refractivity contribution >= 4 is 11.6 Å². The number of aromatic nitrogens is 2. The second-order valence-electron chi connectivity index (χ2n) is 5.45. The molecule has 112 valence electrons. The van der Waals surface area contributed by atoms with Gasteiger partial charge in [0.2, 0.25) is 0 Å². The first-order valence-electron chi connectivity index (χ1n) is 7.23. The number of hydrogen-bond acceptors (Lipinski definition) is 3. The molecule has 0 aliphatic rings. The summed E-state index contributed by atoms with van der Waals surface area (Å²) in [6, 6.07) is 11.4. The van der Waals surface area contributed by atoms with Crippen LogP contribution in [-0.2, 0) is 11.3 Å². The Labute approximate surface area is 129 Å². The molecule has 3 aromatic rings. The van der Waals surface area contributed by atoms with Gasteiger partial charge in [-0.15, -0.1) is 0 Å². The largest absolute Gasteiger partial charge is 0.456 e. The van der Waals surface area contributed by atoms with E-state index < -0.39 is 0 Å². The Morgan fingerprint density at radius 2 is 1.95 bits per heavy atom. The predicted molar refractivity (Wildman–Crippen MR) is 85.0 cm³/mol. The number of esters is 1. The molecule has 0 amide bonds. The van der Waals surface area contributed by atoms with Gasteiger partial charge in [0.05, 0.1) is 17.0 Å². The van der Waals surface area contributed by atoms with Gasteiger partial charge in [-0.2, -0.15) is 0 Å². The predicted octanol–water partition coefficient (Wildman–Crippen LogP) is 3.62. The van der Waals surface area contributed by atoms with Crippen LogP contribution < -0.4 is 0 Å². The van der Waals surface area contributed by atoms with Gasteiger partial charge in [-0.1, -0.05) is 12.1 Å². The molecule has 4 heteroatoms. The zero-order chi connectivity index (χ0) is 15.7. The lowest BCUT2D eigenvalue weighted by molar-refractivity contribution is 0.0466. The van der Waals surface area contributed by atoms with Gasteiger partial charge >= 0.3 is 5.97 Å². The van der Waals surface area contributed by atoms with Crippen LogP contribution in [0.25, 0.3) is 5.65 Å². The van der Waals surface area contributed by atoms with Crippen molar-refractivity contribution in [3.8, 4) is 0 Å². The molecule has 3 rings (SSSR count). The van der Waals surface area contributed by atoms with Crippen LogP contribution in [0, 0.1) is 20.8 Å². The highest BCUT2D eigenvalue weighted by atomic mass is 16.5. The molecular weight excluding hydrogens is 276 g/mol. The molecule has 2 aromatic heterocycles. The molecule has 0 fully saturated rings. The van der Waals surface area contributed by atoms with Crippen LogP contribution in [0.4, 0.5) is 0 Å². The van der Waals surface area contributed by atoms with E-state index in [1.807, 2.05) is 61.7 Å². The maximum atomic E-state index is 12.2. The fraction of sp³-hybridized carbons (Fsp3) is 0.222. The summed E-state index contributed by atoms with van der Waals surface area (Å²) in [5.74, 6) is -0.312. The highest BCUT2D eigenvalue weighted by Gasteiger charge is 2.12. The lowest BCUT2D eigenvalue weighted by Crippen LogP contribution is -2.07. The Hall–Kier alpha value is -2.62. The van der Waals surface area contributed by atoms with Crippen LogP contribution in [-0.4, -0.2) is 15.4 Å². The number of imidazole rings is 1. The van der Waals surface area contributed by atoms with Gasteiger partial charge in [0, 0.05) is 6.20 Å². The number of hydrogen-bond donors (Lipinski definition) is 0. The van der Waals surface area contributed by atoms with Crippen LogP contribution in [0.5, 0.6) is 0 Å². The molecule has 4 nitrogen and oxygen atoms in total. The standard InChI is InChI=1S/C18H18N2O2/c1-12-7-8-15(10-13(12)2)18(21)22-11-16-14(3)19-17-6-4-5-9-20(16)17/h4-10H,11H2,1-3H3. The van der Waals surface area contributed by atoms with Crippen LogP contribution in [0.3, 0.4) is 0 Å². The van der Waals surface area contributed by atoms with Gasteiger partial charge in [-0.05, 0) is 56.2 Å². The van der Waals surface area contributed by atoms with Gasteiger partial charge in [0.1, 0.15) is 12.3 Å². The zero-order valence-electron chi connectivity index (χ0n) is 13.0. The van der Waals surface area contributed by atoms with Gasteiger partial charge in [0.25, 0.3) is 0 Å². The third-order valence-electron chi connectivity index (χ3n) is 3.91. The summed E-state index contributed by atoms with van der Waals surface area (Å²) in [7, 11) is 0. The molecule has 0 radical (unpaired) electrons. The second kappa shape index (κ2) is 5.64. The molecule has 0 N–H and O–H groups in total. The number of aryl methyl sites for hydroxylation is 3. The minimum Gasteiger partial charge on any atom is -0.456 e. The molecule has 0 bridgehead atoms. The average molecular weight is 294 g/mol. The molecule has 0 aliphatic heterocycles. The number of carbonyl (C=O) groups excluding carboxylic acids is 1. The van der Waals surface area contributed by atoms with E-state index in [1.165, 1.54) is 0 Å². The van der Waals surface area contributed by atoms with Crippen molar-refractivity contribution in [2.75, 3.05) is 0 Å². The van der Waals surface area contributed by atoms with Crippen molar-refractivity contribution < 1.29 is 9.53 Å². The van der Waals surface area contributed by atoms with E-state index in [0.717, 1.165) is 28.2 Å². The maximum Gasteiger partial charge on any atom is 0.338 e. The highest BCUT2D eigenvalue weighted by molar-refractivity contribution is 5.89. The molecule has 0 unspecified atom stereocenters. The van der Waals surface area contributed by atoms with Crippen molar-refractivity contribution in [3.05, 3.63) is 70.7 Å². The van der Waals surface area contributed by atoms with E-state index >= 15 is 0 Å². The summed E-state index contributed by atoms with van der Waals surface area (Å²) in [6.07, 6.45) is 1.93. The smallest absolute Gasteiger partial charge is 0.338 e. The molecule has 0 saturated carbocycles. The minimum atomic E-state index is -0.312. The lowest BCUT2D eigenvalue weighted by atomic mass is 10.1. The van der Waals surface area contributed by atoms with Crippen LogP contribution in [0.1, 0.15) is 32.9 Å². The minimum absolute atomic E-state index is 0.211. The Balaban J connectivity index is 1.80. The first-order valence-corrected chi connectivity index (χ1v) is 7.23. The molecule has 0 atom stereocenters. The van der Waals surface area contributed by atoms with Crippen LogP contribution in [0.15, 0.2) is 42.6 Å². The Morgan fingerprint density at radius 3 is 2.73 bits per heavy atom. The molecule has 1 aromatic carbocycles. The molecular formula is C18H18N2O2. The number of benzene rings is 1. The third kappa shape index (κ3) is 2.60.